The molecule has 0 spiro atoms. The summed E-state index contributed by atoms with van der Waals surface area (Å²) in [5, 5.41) is 0.591. The number of fused-ring (bicyclic) bond motifs is 2. The van der Waals surface area contributed by atoms with Gasteiger partial charge in [-0.25, -0.2) is 0 Å². The molecule has 0 saturated carbocycles. The van der Waals surface area contributed by atoms with Gasteiger partial charge in [-0.05, 0) is 39.0 Å². The molecule has 5 heteroatoms. The summed E-state index contributed by atoms with van der Waals surface area (Å²) in [5.74, 6) is -3.06. The van der Waals surface area contributed by atoms with Crippen LogP contribution < -0.4 is 5.43 Å². The fraction of sp³-hybridized carbons (Fsp3) is 0.238. The second-order valence-electron chi connectivity index (χ2n) is 7.07. The summed E-state index contributed by atoms with van der Waals surface area (Å²) in [5.41, 5.74) is -0.0528. The molecule has 132 valence electrons. The van der Waals surface area contributed by atoms with Crippen molar-refractivity contribution in [1.82, 2.24) is 0 Å². The van der Waals surface area contributed by atoms with Crippen molar-refractivity contribution in [2.24, 2.45) is 4.99 Å². The van der Waals surface area contributed by atoms with Crippen LogP contribution in [0.3, 0.4) is 0 Å². The Morgan fingerprint density at radius 2 is 1.77 bits per heavy atom. The molecule has 1 aliphatic rings. The van der Waals surface area contributed by atoms with Crippen LogP contribution in [0.2, 0.25) is 0 Å². The zero-order valence-electron chi connectivity index (χ0n) is 14.6. The number of aliphatic imine (C=N–C) groups is 1. The highest BCUT2D eigenvalue weighted by atomic mass is 32.1. The van der Waals surface area contributed by atoms with Crippen LogP contribution in [0.5, 0.6) is 0 Å². The van der Waals surface area contributed by atoms with Gasteiger partial charge in [-0.15, -0.1) is 11.3 Å². The lowest BCUT2D eigenvalue weighted by Crippen LogP contribution is -2.44. The first-order valence-electron chi connectivity index (χ1n) is 8.33. The molecule has 2 aromatic carbocycles. The van der Waals surface area contributed by atoms with E-state index in [-0.39, 0.29) is 11.0 Å². The average Bonchev–Trinajstić information content (AvgIpc) is 2.58. The molecule has 0 amide bonds. The third kappa shape index (κ3) is 2.42. The van der Waals surface area contributed by atoms with Crippen molar-refractivity contribution in [3.63, 3.8) is 0 Å². The monoisotopic (exact) mass is 369 g/mol. The second-order valence-corrected chi connectivity index (χ2v) is 8.36. The Kier molecular flexibility index (Phi) is 3.63. The van der Waals surface area contributed by atoms with E-state index in [1.807, 2.05) is 19.1 Å². The van der Waals surface area contributed by atoms with Gasteiger partial charge in [-0.3, -0.25) is 9.79 Å². The van der Waals surface area contributed by atoms with E-state index >= 15 is 0 Å². The number of nitrogens with zero attached hydrogens (tertiary/aromatic N) is 1. The fourth-order valence-corrected chi connectivity index (χ4v) is 4.27. The Labute approximate surface area is 153 Å². The smallest absolute Gasteiger partial charge is 0.289 e. The summed E-state index contributed by atoms with van der Waals surface area (Å²) >= 11 is 1.54. The highest BCUT2D eigenvalue weighted by molar-refractivity contribution is 7.18. The Hall–Kier alpha value is -2.40. The molecule has 1 aliphatic heterocycles. The van der Waals surface area contributed by atoms with Crippen LogP contribution in [0.4, 0.5) is 8.78 Å². The molecule has 4 rings (SSSR count). The van der Waals surface area contributed by atoms with E-state index < -0.39 is 11.5 Å². The van der Waals surface area contributed by atoms with E-state index in [9.17, 15) is 13.6 Å². The van der Waals surface area contributed by atoms with Crippen LogP contribution in [0.15, 0.2) is 58.3 Å². The number of benzene rings is 2. The molecular weight excluding hydrogens is 352 g/mol. The standard InChI is InChI=1S/C21H17F2NOS/c1-12-10-17(25)15-11-13(8-9-18(15)26-12)19-14-6-4-5-7-16(14)21(22,23)20(2,3)24-19/h4-11H,1-3H3. The maximum Gasteiger partial charge on any atom is 0.297 e. The maximum absolute atomic E-state index is 14.9. The average molecular weight is 369 g/mol. The normalized spacial score (nSPS) is 17.7. The summed E-state index contributed by atoms with van der Waals surface area (Å²) < 4.78 is 30.6. The van der Waals surface area contributed by atoms with Crippen LogP contribution in [-0.4, -0.2) is 11.3 Å². The maximum atomic E-state index is 14.9. The Morgan fingerprint density at radius 3 is 2.54 bits per heavy atom. The van der Waals surface area contributed by atoms with Gasteiger partial charge in [0, 0.05) is 31.7 Å². The van der Waals surface area contributed by atoms with Gasteiger partial charge in [0.05, 0.1) is 5.71 Å². The summed E-state index contributed by atoms with van der Waals surface area (Å²) in [4.78, 5) is 17.7. The van der Waals surface area contributed by atoms with Gasteiger partial charge in [0.15, 0.2) is 5.43 Å². The molecule has 0 bridgehead atoms. The number of hydrogen-bond acceptors (Lipinski definition) is 3. The van der Waals surface area contributed by atoms with E-state index in [0.717, 1.165) is 9.58 Å². The molecule has 2 nitrogen and oxygen atoms in total. The fourth-order valence-electron chi connectivity index (χ4n) is 3.35. The van der Waals surface area contributed by atoms with Crippen molar-refractivity contribution in [2.75, 3.05) is 0 Å². The molecule has 26 heavy (non-hydrogen) atoms. The van der Waals surface area contributed by atoms with Crippen LogP contribution in [0.25, 0.3) is 10.1 Å². The van der Waals surface area contributed by atoms with Crippen LogP contribution in [0, 0.1) is 6.92 Å². The predicted molar refractivity (Wildman–Crippen MR) is 103 cm³/mol. The van der Waals surface area contributed by atoms with Gasteiger partial charge in [0.2, 0.25) is 0 Å². The second kappa shape index (κ2) is 5.55. The van der Waals surface area contributed by atoms with Crippen molar-refractivity contribution in [3.05, 3.63) is 80.3 Å². The number of hydrogen-bond donors (Lipinski definition) is 0. The Morgan fingerprint density at radius 1 is 1.04 bits per heavy atom. The Bertz CT molecular complexity index is 1130. The van der Waals surface area contributed by atoms with Crippen molar-refractivity contribution in [1.29, 1.82) is 0 Å². The van der Waals surface area contributed by atoms with E-state index in [0.29, 0.717) is 22.2 Å². The zero-order valence-corrected chi connectivity index (χ0v) is 15.5. The molecule has 0 aliphatic carbocycles. The number of rotatable bonds is 1. The van der Waals surface area contributed by atoms with Crippen molar-refractivity contribution >= 4 is 27.1 Å². The largest absolute Gasteiger partial charge is 0.297 e. The van der Waals surface area contributed by atoms with Crippen molar-refractivity contribution < 1.29 is 8.78 Å². The summed E-state index contributed by atoms with van der Waals surface area (Å²) in [7, 11) is 0. The predicted octanol–water partition coefficient (Wildman–Crippen LogP) is 5.29. The zero-order chi connectivity index (χ0) is 18.7. The van der Waals surface area contributed by atoms with Gasteiger partial charge >= 0.3 is 0 Å². The van der Waals surface area contributed by atoms with Gasteiger partial charge in [0.25, 0.3) is 5.92 Å². The lowest BCUT2D eigenvalue weighted by molar-refractivity contribution is -0.0681. The first kappa shape index (κ1) is 17.0. The molecule has 0 saturated heterocycles. The van der Waals surface area contributed by atoms with Crippen molar-refractivity contribution in [2.45, 2.75) is 32.2 Å². The minimum Gasteiger partial charge on any atom is -0.289 e. The quantitative estimate of drug-likeness (QED) is 0.573. The summed E-state index contributed by atoms with van der Waals surface area (Å²) in [6.07, 6.45) is 0. The lowest BCUT2D eigenvalue weighted by Gasteiger charge is -2.37. The summed E-state index contributed by atoms with van der Waals surface area (Å²) in [6.45, 7) is 4.77. The molecule has 1 aromatic heterocycles. The van der Waals surface area contributed by atoms with Gasteiger partial charge in [-0.2, -0.15) is 8.78 Å². The number of alkyl halides is 2. The molecule has 0 fully saturated rings. The van der Waals surface area contributed by atoms with Gasteiger partial charge < -0.3 is 0 Å². The first-order valence-corrected chi connectivity index (χ1v) is 9.15. The van der Waals surface area contributed by atoms with Gasteiger partial charge in [-0.1, -0.05) is 30.3 Å². The van der Waals surface area contributed by atoms with E-state index in [1.165, 1.54) is 31.3 Å². The van der Waals surface area contributed by atoms with Crippen LogP contribution >= 0.6 is 11.3 Å². The molecule has 0 N–H and O–H groups in total. The third-order valence-corrected chi connectivity index (χ3v) is 5.82. The molecule has 2 heterocycles. The minimum absolute atomic E-state index is 0.0239. The SMILES string of the molecule is Cc1cc(=O)c2cc(C3=NC(C)(C)C(F)(F)c4ccccc43)ccc2s1. The highest BCUT2D eigenvalue weighted by Gasteiger charge is 2.52. The van der Waals surface area contributed by atoms with E-state index in [2.05, 4.69) is 4.99 Å². The number of halogens is 2. The molecule has 3 aromatic rings. The highest BCUT2D eigenvalue weighted by Crippen LogP contribution is 2.46. The van der Waals surface area contributed by atoms with Crippen LogP contribution in [-0.2, 0) is 5.92 Å². The first-order chi connectivity index (χ1) is 12.2. The van der Waals surface area contributed by atoms with E-state index in [1.54, 1.807) is 30.3 Å². The topological polar surface area (TPSA) is 29.4 Å². The minimum atomic E-state index is -3.06. The molecule has 0 atom stereocenters. The van der Waals surface area contributed by atoms with E-state index in [4.69, 9.17) is 0 Å². The van der Waals surface area contributed by atoms with Crippen LogP contribution in [0.1, 0.15) is 35.4 Å². The molecule has 0 radical (unpaired) electrons. The molecular formula is C21H17F2NOS. The lowest BCUT2D eigenvalue weighted by atomic mass is 9.81. The third-order valence-electron chi connectivity index (χ3n) is 4.80. The van der Waals surface area contributed by atoms with Gasteiger partial charge in [0.1, 0.15) is 5.54 Å². The Balaban J connectivity index is 2.00. The molecule has 0 unspecified atom stereocenters. The summed E-state index contributed by atoms with van der Waals surface area (Å²) in [6, 6.07) is 13.6. The number of aryl methyl sites for hydroxylation is 1. The van der Waals surface area contributed by atoms with Crippen molar-refractivity contribution in [3.8, 4) is 0 Å².